The van der Waals surface area contributed by atoms with E-state index in [-0.39, 0.29) is 18.3 Å². The maximum atomic E-state index is 12.8. The summed E-state index contributed by atoms with van der Waals surface area (Å²) in [7, 11) is 0. The number of benzene rings is 1. The van der Waals surface area contributed by atoms with Crippen molar-refractivity contribution < 1.29 is 4.79 Å². The fourth-order valence-electron chi connectivity index (χ4n) is 3.51. The van der Waals surface area contributed by atoms with Crippen LogP contribution in [0.2, 0.25) is 5.02 Å². The Morgan fingerprint density at radius 3 is 2.61 bits per heavy atom. The highest BCUT2D eigenvalue weighted by Crippen LogP contribution is 2.32. The number of aromatic amines is 1. The number of hydrogen-bond donors (Lipinski definition) is 2. The molecule has 5 nitrogen and oxygen atoms in total. The summed E-state index contributed by atoms with van der Waals surface area (Å²) < 4.78 is 0. The van der Waals surface area contributed by atoms with Crippen molar-refractivity contribution in [2.75, 3.05) is 26.2 Å². The summed E-state index contributed by atoms with van der Waals surface area (Å²) in [5, 5.41) is 11.0. The Bertz CT molecular complexity index is 706. The first-order chi connectivity index (χ1) is 10.7. The molecule has 2 fully saturated rings. The van der Waals surface area contributed by atoms with Crippen molar-refractivity contribution in [2.24, 2.45) is 11.8 Å². The number of hydrogen-bond acceptors (Lipinski definition) is 3. The van der Waals surface area contributed by atoms with Gasteiger partial charge in [0, 0.05) is 36.8 Å². The Balaban J connectivity index is 0.00000156. The number of amides is 1. The maximum Gasteiger partial charge on any atom is 0.257 e. The third-order valence-corrected chi connectivity index (χ3v) is 5.02. The smallest absolute Gasteiger partial charge is 0.257 e. The molecular formula is C16H18Cl2N4O. The predicted octanol–water partition coefficient (Wildman–Crippen LogP) is 2.44. The Morgan fingerprint density at radius 1 is 1.22 bits per heavy atom. The van der Waals surface area contributed by atoms with Crippen LogP contribution in [0.1, 0.15) is 10.4 Å². The van der Waals surface area contributed by atoms with Crippen molar-refractivity contribution in [2.45, 2.75) is 0 Å². The molecule has 7 heteroatoms. The number of aromatic nitrogens is 2. The number of nitrogens with one attached hydrogen (secondary N) is 2. The summed E-state index contributed by atoms with van der Waals surface area (Å²) in [6, 6.07) is 7.49. The molecule has 0 bridgehead atoms. The number of carbonyl (C=O) groups excluding carboxylic acids is 1. The van der Waals surface area contributed by atoms with E-state index in [0.717, 1.165) is 31.7 Å². The quantitative estimate of drug-likeness (QED) is 0.872. The fraction of sp³-hybridized carbons (Fsp3) is 0.375. The van der Waals surface area contributed by atoms with E-state index in [1.807, 2.05) is 29.2 Å². The van der Waals surface area contributed by atoms with Gasteiger partial charge in [-0.2, -0.15) is 5.10 Å². The standard InChI is InChI=1S/C16H17ClN4O.ClH/c17-14-4-2-1-3-12(14)15-13(7-19-20-15)16(22)21-8-10-5-18-6-11(10)9-21;/h1-4,7,10-11,18H,5-6,8-9H2,(H,19,20);1H/t10-,11+;. The van der Waals surface area contributed by atoms with Gasteiger partial charge in [-0.15, -0.1) is 12.4 Å². The van der Waals surface area contributed by atoms with Crippen molar-refractivity contribution in [1.82, 2.24) is 20.4 Å². The van der Waals surface area contributed by atoms with Crippen LogP contribution in [0.4, 0.5) is 0 Å². The lowest BCUT2D eigenvalue weighted by Crippen LogP contribution is -2.31. The van der Waals surface area contributed by atoms with E-state index in [9.17, 15) is 4.79 Å². The van der Waals surface area contributed by atoms with E-state index < -0.39 is 0 Å². The first-order valence-corrected chi connectivity index (χ1v) is 7.90. The van der Waals surface area contributed by atoms with Crippen molar-refractivity contribution in [1.29, 1.82) is 0 Å². The van der Waals surface area contributed by atoms with Gasteiger partial charge in [0.15, 0.2) is 0 Å². The zero-order valence-electron chi connectivity index (χ0n) is 12.5. The third kappa shape index (κ3) is 2.84. The van der Waals surface area contributed by atoms with Crippen molar-refractivity contribution in [3.05, 3.63) is 41.0 Å². The lowest BCUT2D eigenvalue weighted by Gasteiger charge is -2.17. The van der Waals surface area contributed by atoms with Crippen LogP contribution in [0.25, 0.3) is 11.3 Å². The number of nitrogens with zero attached hydrogens (tertiary/aromatic N) is 2. The van der Waals surface area contributed by atoms with Crippen LogP contribution in [-0.4, -0.2) is 47.2 Å². The summed E-state index contributed by atoms with van der Waals surface area (Å²) in [5.41, 5.74) is 2.11. The van der Waals surface area contributed by atoms with Gasteiger partial charge in [-0.3, -0.25) is 9.89 Å². The lowest BCUT2D eigenvalue weighted by atomic mass is 10.0. The molecule has 2 N–H and O–H groups in total. The average Bonchev–Trinajstić information content (AvgIpc) is 3.22. The van der Waals surface area contributed by atoms with Gasteiger partial charge >= 0.3 is 0 Å². The van der Waals surface area contributed by atoms with Crippen molar-refractivity contribution in [3.63, 3.8) is 0 Å². The molecule has 0 saturated carbocycles. The molecule has 0 radical (unpaired) electrons. The Labute approximate surface area is 145 Å². The molecule has 23 heavy (non-hydrogen) atoms. The maximum absolute atomic E-state index is 12.8. The predicted molar refractivity (Wildman–Crippen MR) is 92.0 cm³/mol. The molecule has 1 amide bonds. The second kappa shape index (κ2) is 6.51. The summed E-state index contributed by atoms with van der Waals surface area (Å²) in [5.74, 6) is 1.21. The van der Waals surface area contributed by atoms with Crippen LogP contribution < -0.4 is 5.32 Å². The van der Waals surface area contributed by atoms with Gasteiger partial charge in [-0.05, 0) is 17.9 Å². The normalized spacial score (nSPS) is 22.7. The molecule has 1 aromatic carbocycles. The average molecular weight is 353 g/mol. The molecule has 0 unspecified atom stereocenters. The Hall–Kier alpha value is -1.56. The SMILES string of the molecule is Cl.O=C(c1cn[nH]c1-c1ccccc1Cl)N1C[C@H]2CNC[C@H]2C1. The number of carbonyl (C=O) groups is 1. The zero-order valence-corrected chi connectivity index (χ0v) is 14.0. The fourth-order valence-corrected chi connectivity index (χ4v) is 3.74. The second-order valence-electron chi connectivity index (χ2n) is 6.03. The summed E-state index contributed by atoms with van der Waals surface area (Å²) >= 11 is 6.25. The van der Waals surface area contributed by atoms with E-state index in [1.54, 1.807) is 6.20 Å². The monoisotopic (exact) mass is 352 g/mol. The van der Waals surface area contributed by atoms with E-state index in [0.29, 0.717) is 28.1 Å². The minimum Gasteiger partial charge on any atom is -0.338 e. The van der Waals surface area contributed by atoms with Crippen LogP contribution in [0, 0.1) is 11.8 Å². The third-order valence-electron chi connectivity index (χ3n) is 4.69. The molecule has 2 aromatic rings. The highest BCUT2D eigenvalue weighted by Gasteiger charge is 2.39. The van der Waals surface area contributed by atoms with Crippen LogP contribution in [0.5, 0.6) is 0 Å². The molecule has 2 aliphatic heterocycles. The van der Waals surface area contributed by atoms with Crippen LogP contribution in [-0.2, 0) is 0 Å². The van der Waals surface area contributed by atoms with E-state index in [1.165, 1.54) is 0 Å². The van der Waals surface area contributed by atoms with Gasteiger partial charge in [-0.1, -0.05) is 29.8 Å². The first-order valence-electron chi connectivity index (χ1n) is 7.52. The van der Waals surface area contributed by atoms with Crippen molar-refractivity contribution in [3.8, 4) is 11.3 Å². The van der Waals surface area contributed by atoms with Gasteiger partial charge in [0.05, 0.1) is 17.5 Å². The lowest BCUT2D eigenvalue weighted by molar-refractivity contribution is 0.0782. The Kier molecular flexibility index (Phi) is 4.62. The van der Waals surface area contributed by atoms with Crippen LogP contribution in [0.3, 0.4) is 0 Å². The molecule has 122 valence electrons. The second-order valence-corrected chi connectivity index (χ2v) is 6.43. The topological polar surface area (TPSA) is 61.0 Å². The van der Waals surface area contributed by atoms with E-state index in [4.69, 9.17) is 11.6 Å². The molecule has 0 spiro atoms. The summed E-state index contributed by atoms with van der Waals surface area (Å²) in [6.07, 6.45) is 1.60. The molecule has 2 atom stereocenters. The largest absolute Gasteiger partial charge is 0.338 e. The van der Waals surface area contributed by atoms with Gasteiger partial charge in [0.25, 0.3) is 5.91 Å². The summed E-state index contributed by atoms with van der Waals surface area (Å²) in [4.78, 5) is 14.8. The molecule has 0 aliphatic carbocycles. The number of rotatable bonds is 2. The molecule has 2 aliphatic rings. The van der Waals surface area contributed by atoms with Crippen molar-refractivity contribution >= 4 is 29.9 Å². The molecular weight excluding hydrogens is 335 g/mol. The number of fused-ring (bicyclic) bond motifs is 1. The molecule has 3 heterocycles. The van der Waals surface area contributed by atoms with Gasteiger partial charge < -0.3 is 10.2 Å². The van der Waals surface area contributed by atoms with Crippen LogP contribution in [0.15, 0.2) is 30.5 Å². The Morgan fingerprint density at radius 2 is 1.91 bits per heavy atom. The number of likely N-dealkylation sites (tertiary alicyclic amines) is 1. The summed E-state index contributed by atoms with van der Waals surface area (Å²) in [6.45, 7) is 3.67. The van der Waals surface area contributed by atoms with Crippen LogP contribution >= 0.6 is 24.0 Å². The van der Waals surface area contributed by atoms with Gasteiger partial charge in [-0.25, -0.2) is 0 Å². The highest BCUT2D eigenvalue weighted by atomic mass is 35.5. The highest BCUT2D eigenvalue weighted by molar-refractivity contribution is 6.33. The first kappa shape index (κ1) is 16.3. The minimum atomic E-state index is 0. The number of H-pyrrole nitrogens is 1. The molecule has 4 rings (SSSR count). The molecule has 1 aromatic heterocycles. The zero-order chi connectivity index (χ0) is 15.1. The number of halogens is 2. The van der Waals surface area contributed by atoms with Gasteiger partial charge in [0.2, 0.25) is 0 Å². The molecule has 2 saturated heterocycles. The van der Waals surface area contributed by atoms with E-state index in [2.05, 4.69) is 15.5 Å². The van der Waals surface area contributed by atoms with Gasteiger partial charge in [0.1, 0.15) is 0 Å². The minimum absolute atomic E-state index is 0. The van der Waals surface area contributed by atoms with E-state index >= 15 is 0 Å².